The van der Waals surface area contributed by atoms with E-state index in [1.807, 2.05) is 56.3 Å². The highest BCUT2D eigenvalue weighted by Crippen LogP contribution is 2.25. The molecule has 0 aliphatic carbocycles. The Hall–Kier alpha value is -2.88. The van der Waals surface area contributed by atoms with E-state index in [1.54, 1.807) is 11.6 Å². The average molecular weight is 319 g/mol. The Labute approximate surface area is 141 Å². The van der Waals surface area contributed by atoms with E-state index in [4.69, 9.17) is 5.73 Å². The lowest BCUT2D eigenvalue weighted by atomic mass is 10.0. The van der Waals surface area contributed by atoms with Gasteiger partial charge >= 0.3 is 0 Å². The van der Waals surface area contributed by atoms with Gasteiger partial charge in [-0.3, -0.25) is 4.79 Å². The van der Waals surface area contributed by atoms with Crippen LogP contribution in [-0.4, -0.2) is 9.78 Å². The van der Waals surface area contributed by atoms with E-state index >= 15 is 0 Å². The van der Waals surface area contributed by atoms with Crippen LogP contribution in [0.3, 0.4) is 0 Å². The molecule has 0 saturated carbocycles. The average Bonchev–Trinajstić information content (AvgIpc) is 2.55. The van der Waals surface area contributed by atoms with Crippen LogP contribution in [0.25, 0.3) is 16.8 Å². The van der Waals surface area contributed by atoms with E-state index < -0.39 is 0 Å². The van der Waals surface area contributed by atoms with E-state index in [0.717, 1.165) is 22.4 Å². The molecule has 0 fully saturated rings. The van der Waals surface area contributed by atoms with Gasteiger partial charge in [-0.15, -0.1) is 0 Å². The number of hydrogen-bond donors (Lipinski definition) is 1. The highest BCUT2D eigenvalue weighted by molar-refractivity contribution is 5.75. The molecule has 0 saturated heterocycles. The lowest BCUT2D eigenvalue weighted by molar-refractivity contribution is 0.823. The Balaban J connectivity index is 2.28. The maximum absolute atomic E-state index is 12.6. The molecule has 4 heteroatoms. The third-order valence-electron chi connectivity index (χ3n) is 4.37. The van der Waals surface area contributed by atoms with Gasteiger partial charge in [0.25, 0.3) is 0 Å². The molecule has 0 bridgehead atoms. The minimum Gasteiger partial charge on any atom is -0.383 e. The zero-order valence-corrected chi connectivity index (χ0v) is 14.4. The number of nitrogen functional groups attached to an aromatic ring is 1. The molecule has 4 nitrogen and oxygen atoms in total. The summed E-state index contributed by atoms with van der Waals surface area (Å²) in [4.78, 5) is 12.6. The van der Waals surface area contributed by atoms with Gasteiger partial charge in [-0.2, -0.15) is 5.10 Å². The first kappa shape index (κ1) is 16.0. The normalized spacial score (nSPS) is 10.8. The summed E-state index contributed by atoms with van der Waals surface area (Å²) in [5.74, 6) is 0.359. The quantitative estimate of drug-likeness (QED) is 0.783. The Morgan fingerprint density at radius 2 is 1.58 bits per heavy atom. The number of benzene rings is 2. The maximum Gasteiger partial charge on any atom is 0.213 e. The predicted octanol–water partition coefficient (Wildman–Crippen LogP) is 3.72. The third-order valence-corrected chi connectivity index (χ3v) is 4.37. The molecule has 24 heavy (non-hydrogen) atoms. The second-order valence-electron chi connectivity index (χ2n) is 6.22. The van der Waals surface area contributed by atoms with Gasteiger partial charge in [-0.1, -0.05) is 35.9 Å². The van der Waals surface area contributed by atoms with Crippen molar-refractivity contribution in [3.05, 3.63) is 75.1 Å². The molecule has 0 atom stereocenters. The number of anilines is 1. The largest absolute Gasteiger partial charge is 0.383 e. The summed E-state index contributed by atoms with van der Waals surface area (Å²) >= 11 is 0. The van der Waals surface area contributed by atoms with E-state index in [2.05, 4.69) is 12.0 Å². The van der Waals surface area contributed by atoms with Crippen LogP contribution in [-0.2, 0) is 0 Å². The predicted molar refractivity (Wildman–Crippen MR) is 98.6 cm³/mol. The van der Waals surface area contributed by atoms with Crippen molar-refractivity contribution in [1.29, 1.82) is 0 Å². The fourth-order valence-electron chi connectivity index (χ4n) is 2.71. The van der Waals surface area contributed by atoms with E-state index in [9.17, 15) is 4.79 Å². The summed E-state index contributed by atoms with van der Waals surface area (Å²) in [6, 6.07) is 13.8. The number of aryl methyl sites for hydroxylation is 4. The lowest BCUT2D eigenvalue weighted by Gasteiger charge is -2.15. The van der Waals surface area contributed by atoms with Crippen molar-refractivity contribution in [3.8, 4) is 16.8 Å². The molecular formula is C20H21N3O. The van der Waals surface area contributed by atoms with Crippen molar-refractivity contribution in [3.63, 3.8) is 0 Å². The molecule has 0 radical (unpaired) electrons. The Bertz CT molecular complexity index is 969. The van der Waals surface area contributed by atoms with Crippen molar-refractivity contribution in [2.24, 2.45) is 0 Å². The molecule has 122 valence electrons. The van der Waals surface area contributed by atoms with Gasteiger partial charge in [-0.25, -0.2) is 4.68 Å². The molecule has 0 spiro atoms. The number of hydrogen-bond acceptors (Lipinski definition) is 3. The number of rotatable bonds is 2. The second-order valence-corrected chi connectivity index (χ2v) is 6.22. The monoisotopic (exact) mass is 319 g/mol. The third kappa shape index (κ3) is 2.71. The lowest BCUT2D eigenvalue weighted by Crippen LogP contribution is -2.21. The molecule has 3 rings (SSSR count). The van der Waals surface area contributed by atoms with Gasteiger partial charge in [0.15, 0.2) is 0 Å². The summed E-state index contributed by atoms with van der Waals surface area (Å²) in [6.07, 6.45) is 0. The molecule has 0 aliphatic rings. The van der Waals surface area contributed by atoms with E-state index in [1.165, 1.54) is 5.56 Å². The van der Waals surface area contributed by atoms with E-state index in [0.29, 0.717) is 17.1 Å². The van der Waals surface area contributed by atoms with Crippen LogP contribution in [0.5, 0.6) is 0 Å². The number of nitrogens with zero attached hydrogens (tertiary/aromatic N) is 2. The highest BCUT2D eigenvalue weighted by atomic mass is 16.1. The molecule has 3 aromatic rings. The topological polar surface area (TPSA) is 60.9 Å². The van der Waals surface area contributed by atoms with Crippen LogP contribution in [0.4, 0.5) is 5.82 Å². The first-order valence-corrected chi connectivity index (χ1v) is 7.92. The smallest absolute Gasteiger partial charge is 0.213 e. The highest BCUT2D eigenvalue weighted by Gasteiger charge is 2.16. The van der Waals surface area contributed by atoms with Gasteiger partial charge in [-0.05, 0) is 56.5 Å². The van der Waals surface area contributed by atoms with Crippen molar-refractivity contribution in [1.82, 2.24) is 9.78 Å². The van der Waals surface area contributed by atoms with Crippen molar-refractivity contribution in [2.45, 2.75) is 27.7 Å². The first-order chi connectivity index (χ1) is 11.4. The second kappa shape index (κ2) is 5.96. The van der Waals surface area contributed by atoms with Gasteiger partial charge in [0, 0.05) is 0 Å². The fourth-order valence-corrected chi connectivity index (χ4v) is 2.71. The molecular weight excluding hydrogens is 298 g/mol. The minimum atomic E-state index is -0.128. The number of nitrogens with two attached hydrogens (primary N) is 1. The molecule has 0 aliphatic heterocycles. The van der Waals surface area contributed by atoms with E-state index in [-0.39, 0.29) is 5.43 Å². The summed E-state index contributed by atoms with van der Waals surface area (Å²) in [5.41, 5.74) is 12.3. The summed E-state index contributed by atoms with van der Waals surface area (Å²) < 4.78 is 1.65. The number of aromatic nitrogens is 2. The minimum absolute atomic E-state index is 0.128. The first-order valence-electron chi connectivity index (χ1n) is 7.92. The van der Waals surface area contributed by atoms with Crippen LogP contribution >= 0.6 is 0 Å². The summed E-state index contributed by atoms with van der Waals surface area (Å²) in [6.45, 7) is 7.84. The summed E-state index contributed by atoms with van der Waals surface area (Å²) in [7, 11) is 0. The van der Waals surface area contributed by atoms with Crippen molar-refractivity contribution < 1.29 is 0 Å². The van der Waals surface area contributed by atoms with Gasteiger partial charge < -0.3 is 5.73 Å². The SMILES string of the molecule is Cc1ccc(-c2c(N)n(-c3ccc(C)c(C)c3)nc(C)c2=O)cc1. The standard InChI is InChI=1S/C20H21N3O/c1-12-5-8-16(9-6-12)18-19(24)15(4)22-23(20(18)21)17-10-7-13(2)14(3)11-17/h5-11H,21H2,1-4H3. The molecule has 0 amide bonds. The van der Waals surface area contributed by atoms with Gasteiger partial charge in [0.2, 0.25) is 5.43 Å². The zero-order chi connectivity index (χ0) is 17.4. The van der Waals surface area contributed by atoms with Crippen molar-refractivity contribution >= 4 is 5.82 Å². The fraction of sp³-hybridized carbons (Fsp3) is 0.200. The van der Waals surface area contributed by atoms with Crippen LogP contribution in [0.1, 0.15) is 22.4 Å². The maximum atomic E-state index is 12.6. The molecule has 1 heterocycles. The van der Waals surface area contributed by atoms with Gasteiger partial charge in [0.1, 0.15) is 11.5 Å². The van der Waals surface area contributed by atoms with Crippen LogP contribution in [0.2, 0.25) is 0 Å². The Kier molecular flexibility index (Phi) is 3.97. The molecule has 1 aromatic heterocycles. The van der Waals surface area contributed by atoms with Gasteiger partial charge in [0.05, 0.1) is 11.3 Å². The Morgan fingerprint density at radius 3 is 2.21 bits per heavy atom. The van der Waals surface area contributed by atoms with Crippen LogP contribution < -0.4 is 11.2 Å². The van der Waals surface area contributed by atoms with Crippen LogP contribution in [0, 0.1) is 27.7 Å². The summed E-state index contributed by atoms with van der Waals surface area (Å²) in [5, 5.41) is 4.40. The van der Waals surface area contributed by atoms with Crippen LogP contribution in [0.15, 0.2) is 47.3 Å². The Morgan fingerprint density at radius 1 is 0.917 bits per heavy atom. The zero-order valence-electron chi connectivity index (χ0n) is 14.4. The molecule has 0 unspecified atom stereocenters. The van der Waals surface area contributed by atoms with Crippen molar-refractivity contribution in [2.75, 3.05) is 5.73 Å². The molecule has 2 N–H and O–H groups in total. The molecule has 2 aromatic carbocycles.